The fourth-order valence-electron chi connectivity index (χ4n) is 5.45. The van der Waals surface area contributed by atoms with E-state index in [1.54, 1.807) is 15.9 Å². The number of nitrogens with zero attached hydrogens (tertiary/aromatic N) is 4. The smallest absolute Gasteiger partial charge is 0.268 e. The summed E-state index contributed by atoms with van der Waals surface area (Å²) in [6, 6.07) is 15.3. The summed E-state index contributed by atoms with van der Waals surface area (Å²) in [5.41, 5.74) is 3.76. The summed E-state index contributed by atoms with van der Waals surface area (Å²) in [5.74, 6) is 1.29. The highest BCUT2D eigenvalue weighted by Gasteiger charge is 2.33. The second-order valence-corrected chi connectivity index (χ2v) is 14.2. The van der Waals surface area contributed by atoms with E-state index in [1.165, 1.54) is 22.2 Å². The van der Waals surface area contributed by atoms with E-state index in [0.29, 0.717) is 22.4 Å². The Morgan fingerprint density at radius 3 is 2.59 bits per heavy atom. The molecule has 39 heavy (non-hydrogen) atoms. The molecule has 6 nitrogen and oxygen atoms in total. The van der Waals surface area contributed by atoms with Crippen LogP contribution in [0.5, 0.6) is 0 Å². The minimum Gasteiger partial charge on any atom is -0.293 e. The predicted molar refractivity (Wildman–Crippen MR) is 163 cm³/mol. The number of rotatable bonds is 5. The summed E-state index contributed by atoms with van der Waals surface area (Å²) in [6.45, 7) is 8.91. The van der Waals surface area contributed by atoms with Crippen molar-refractivity contribution in [2.24, 2.45) is 11.3 Å². The van der Waals surface area contributed by atoms with Gasteiger partial charge in [-0.1, -0.05) is 78.8 Å². The third kappa shape index (κ3) is 4.68. The molecule has 2 aromatic carbocycles. The summed E-state index contributed by atoms with van der Waals surface area (Å²) in [7, 11) is 0. The molecule has 0 N–H and O–H groups in total. The number of Topliss-reactive ketones (excluding diaryl/α,β-unsaturated/α-hetero) is 1. The molecule has 1 aliphatic rings. The van der Waals surface area contributed by atoms with E-state index in [2.05, 4.69) is 46.9 Å². The average Bonchev–Trinajstić information content (AvgIpc) is 3.49. The number of ketones is 1. The number of carbonyl (C=O) groups excluding carboxylic acids is 1. The summed E-state index contributed by atoms with van der Waals surface area (Å²) in [6.07, 6.45) is 2.92. The molecule has 200 valence electrons. The molecule has 0 unspecified atom stereocenters. The lowest BCUT2D eigenvalue weighted by Gasteiger charge is -2.33. The monoisotopic (exact) mass is 620 g/mol. The van der Waals surface area contributed by atoms with Gasteiger partial charge in [0, 0.05) is 14.9 Å². The molecule has 5 aromatic rings. The van der Waals surface area contributed by atoms with Crippen LogP contribution in [-0.4, -0.2) is 30.7 Å². The maximum atomic E-state index is 14.2. The Balaban J connectivity index is 1.52. The van der Waals surface area contributed by atoms with Crippen molar-refractivity contribution >= 4 is 60.8 Å². The number of aromatic nitrogens is 4. The summed E-state index contributed by atoms with van der Waals surface area (Å²) >= 11 is 6.48. The van der Waals surface area contributed by atoms with Crippen LogP contribution in [0.4, 0.5) is 0 Å². The van der Waals surface area contributed by atoms with Crippen LogP contribution < -0.4 is 5.56 Å². The molecule has 0 saturated heterocycles. The predicted octanol–water partition coefficient (Wildman–Crippen LogP) is 7.29. The number of carbonyl (C=O) groups is 1. The first-order chi connectivity index (χ1) is 18.6. The van der Waals surface area contributed by atoms with Crippen LogP contribution in [0, 0.1) is 18.3 Å². The van der Waals surface area contributed by atoms with Crippen molar-refractivity contribution in [3.63, 3.8) is 0 Å². The maximum absolute atomic E-state index is 14.2. The molecular formula is C30H29BrN4O2S2. The molecule has 3 heterocycles. The molecular weight excluding hydrogens is 592 g/mol. The minimum atomic E-state index is -0.0478. The van der Waals surface area contributed by atoms with Gasteiger partial charge in [-0.3, -0.25) is 9.59 Å². The highest BCUT2D eigenvalue weighted by atomic mass is 79.9. The van der Waals surface area contributed by atoms with Crippen LogP contribution >= 0.6 is 39.0 Å². The number of thiophene rings is 1. The minimum absolute atomic E-state index is 0.0196. The molecule has 6 rings (SSSR count). The lowest BCUT2D eigenvalue weighted by molar-refractivity contribution is 0.102. The quantitative estimate of drug-likeness (QED) is 0.152. The third-order valence-corrected chi connectivity index (χ3v) is 10.5. The molecule has 9 heteroatoms. The van der Waals surface area contributed by atoms with Crippen molar-refractivity contribution < 1.29 is 4.79 Å². The summed E-state index contributed by atoms with van der Waals surface area (Å²) in [4.78, 5) is 29.4. The number of para-hydroxylation sites is 1. The van der Waals surface area contributed by atoms with E-state index in [0.717, 1.165) is 45.2 Å². The van der Waals surface area contributed by atoms with Gasteiger partial charge >= 0.3 is 0 Å². The number of thioether (sulfide) groups is 1. The van der Waals surface area contributed by atoms with E-state index >= 15 is 0 Å². The van der Waals surface area contributed by atoms with Crippen LogP contribution in [0.2, 0.25) is 0 Å². The maximum Gasteiger partial charge on any atom is 0.268 e. The standard InChI is InChI=1S/C30H29BrN4O2S2/c1-17-7-5-6-8-22(17)34-26(37)25-21-14-11-19(30(2,3)4)15-24(21)39-27(25)35-28(34)32-33-29(35)38-16-23(36)18-9-12-20(31)13-10-18/h5-10,12-13,19H,11,14-16H2,1-4H3/t19-/m1/s1. The first-order valence-electron chi connectivity index (χ1n) is 13.1. The molecule has 1 aliphatic carbocycles. The number of hydrogen-bond acceptors (Lipinski definition) is 6. The Morgan fingerprint density at radius 1 is 1.13 bits per heavy atom. The Hall–Kier alpha value is -2.75. The average molecular weight is 622 g/mol. The zero-order chi connectivity index (χ0) is 27.5. The first-order valence-corrected chi connectivity index (χ1v) is 15.6. The van der Waals surface area contributed by atoms with Gasteiger partial charge in [-0.2, -0.15) is 0 Å². The Labute approximate surface area is 243 Å². The molecule has 0 fully saturated rings. The van der Waals surface area contributed by atoms with Crippen LogP contribution in [0.25, 0.3) is 21.7 Å². The highest BCUT2D eigenvalue weighted by molar-refractivity contribution is 9.10. The van der Waals surface area contributed by atoms with Crippen LogP contribution in [0.1, 0.15) is 53.6 Å². The van der Waals surface area contributed by atoms with Crippen LogP contribution in [0.15, 0.2) is 63.0 Å². The molecule has 0 bridgehead atoms. The van der Waals surface area contributed by atoms with Crippen molar-refractivity contribution in [2.45, 2.75) is 52.1 Å². The molecule has 0 amide bonds. The second-order valence-electron chi connectivity index (χ2n) is 11.3. The summed E-state index contributed by atoms with van der Waals surface area (Å²) < 4.78 is 4.63. The van der Waals surface area contributed by atoms with Crippen molar-refractivity contribution in [3.05, 3.63) is 84.9 Å². The fourth-order valence-corrected chi connectivity index (χ4v) is 8.02. The van der Waals surface area contributed by atoms with Gasteiger partial charge in [-0.15, -0.1) is 21.5 Å². The van der Waals surface area contributed by atoms with Gasteiger partial charge in [0.2, 0.25) is 5.78 Å². The van der Waals surface area contributed by atoms with E-state index in [9.17, 15) is 9.59 Å². The first kappa shape index (κ1) is 26.5. The number of fused-ring (bicyclic) bond motifs is 5. The highest BCUT2D eigenvalue weighted by Crippen LogP contribution is 2.43. The van der Waals surface area contributed by atoms with Crippen molar-refractivity contribution in [2.75, 3.05) is 5.75 Å². The van der Waals surface area contributed by atoms with Crippen LogP contribution in [-0.2, 0) is 12.8 Å². The van der Waals surface area contributed by atoms with E-state index < -0.39 is 0 Å². The van der Waals surface area contributed by atoms with Crippen molar-refractivity contribution in [1.82, 2.24) is 19.2 Å². The van der Waals surface area contributed by atoms with Gasteiger partial charge < -0.3 is 0 Å². The molecule has 3 aromatic heterocycles. The zero-order valence-corrected chi connectivity index (χ0v) is 25.5. The number of halogens is 1. The Kier molecular flexibility index (Phi) is 6.80. The second kappa shape index (κ2) is 10.0. The van der Waals surface area contributed by atoms with Crippen LogP contribution in [0.3, 0.4) is 0 Å². The Bertz CT molecular complexity index is 1790. The number of aryl methyl sites for hydroxylation is 2. The van der Waals surface area contributed by atoms with E-state index in [1.807, 2.05) is 59.9 Å². The topological polar surface area (TPSA) is 69.3 Å². The normalized spacial score (nSPS) is 15.7. The molecule has 0 aliphatic heterocycles. The van der Waals surface area contributed by atoms with E-state index in [4.69, 9.17) is 0 Å². The SMILES string of the molecule is Cc1ccccc1-n1c(=O)c2c3c(sc2n2c(SCC(=O)c4ccc(Br)cc4)nnc12)C[C@H](C(C)(C)C)CC3. The Morgan fingerprint density at radius 2 is 1.87 bits per heavy atom. The zero-order valence-electron chi connectivity index (χ0n) is 22.3. The number of benzene rings is 2. The van der Waals surface area contributed by atoms with Gasteiger partial charge in [0.15, 0.2) is 10.9 Å². The fraction of sp³-hybridized carbons (Fsp3) is 0.333. The molecule has 0 saturated carbocycles. The van der Waals surface area contributed by atoms with Gasteiger partial charge in [-0.25, -0.2) is 8.97 Å². The van der Waals surface area contributed by atoms with Gasteiger partial charge in [0.25, 0.3) is 5.56 Å². The van der Waals surface area contributed by atoms with Gasteiger partial charge in [0.05, 0.1) is 16.8 Å². The molecule has 1 atom stereocenters. The lowest BCUT2D eigenvalue weighted by Crippen LogP contribution is -2.27. The third-order valence-electron chi connectivity index (χ3n) is 7.76. The van der Waals surface area contributed by atoms with Gasteiger partial charge in [0.1, 0.15) is 4.83 Å². The molecule has 0 spiro atoms. The largest absolute Gasteiger partial charge is 0.293 e. The van der Waals surface area contributed by atoms with Gasteiger partial charge in [-0.05, 0) is 66.8 Å². The van der Waals surface area contributed by atoms with Crippen molar-refractivity contribution in [1.29, 1.82) is 0 Å². The summed E-state index contributed by atoms with van der Waals surface area (Å²) in [5, 5.41) is 10.4. The van der Waals surface area contributed by atoms with E-state index in [-0.39, 0.29) is 22.5 Å². The number of hydrogen-bond donors (Lipinski definition) is 0. The molecule has 0 radical (unpaired) electrons. The lowest BCUT2D eigenvalue weighted by atomic mass is 9.72. The van der Waals surface area contributed by atoms with Crippen molar-refractivity contribution in [3.8, 4) is 5.69 Å².